The van der Waals surface area contributed by atoms with Gasteiger partial charge in [0.25, 0.3) is 0 Å². The van der Waals surface area contributed by atoms with E-state index in [1.165, 1.54) is 6.07 Å². The van der Waals surface area contributed by atoms with Gasteiger partial charge in [-0.25, -0.2) is 19.3 Å². The summed E-state index contributed by atoms with van der Waals surface area (Å²) in [5.74, 6) is 2.02. The number of benzene rings is 1. The smallest absolute Gasteiger partial charge is 0.225 e. The lowest BCUT2D eigenvalue weighted by molar-refractivity contribution is 0.243. The van der Waals surface area contributed by atoms with Gasteiger partial charge in [-0.15, -0.1) is 0 Å². The molecule has 0 amide bonds. The first kappa shape index (κ1) is 17.5. The highest BCUT2D eigenvalue weighted by Crippen LogP contribution is 2.25. The van der Waals surface area contributed by atoms with E-state index in [4.69, 9.17) is 0 Å². The Morgan fingerprint density at radius 2 is 1.85 bits per heavy atom. The number of hydrogen-bond acceptors (Lipinski definition) is 6. The molecule has 27 heavy (non-hydrogen) atoms. The van der Waals surface area contributed by atoms with Crippen LogP contribution in [0.3, 0.4) is 0 Å². The Labute approximate surface area is 157 Å². The summed E-state index contributed by atoms with van der Waals surface area (Å²) >= 11 is 0. The van der Waals surface area contributed by atoms with Crippen LogP contribution >= 0.6 is 0 Å². The highest BCUT2D eigenvalue weighted by molar-refractivity contribution is 5.64. The van der Waals surface area contributed by atoms with Crippen LogP contribution in [0.25, 0.3) is 11.3 Å². The third-order valence-corrected chi connectivity index (χ3v) is 4.75. The summed E-state index contributed by atoms with van der Waals surface area (Å²) in [5, 5.41) is 7.07. The van der Waals surface area contributed by atoms with E-state index in [1.807, 2.05) is 19.9 Å². The summed E-state index contributed by atoms with van der Waals surface area (Å²) in [6.07, 6.45) is 1.77. The SMILES string of the molecule is Cc1nc(CN2CCN(c3ncc(C)c(-c4ccccc4F)n3)CC2)n[nH]1. The average Bonchev–Trinajstić information content (AvgIpc) is 3.08. The lowest BCUT2D eigenvalue weighted by atomic mass is 10.1. The van der Waals surface area contributed by atoms with E-state index in [0.717, 1.165) is 49.9 Å². The first-order chi connectivity index (χ1) is 13.1. The molecule has 0 aliphatic carbocycles. The van der Waals surface area contributed by atoms with Gasteiger partial charge in [0.05, 0.1) is 12.2 Å². The predicted octanol–water partition coefficient (Wildman–Crippen LogP) is 2.34. The summed E-state index contributed by atoms with van der Waals surface area (Å²) in [5.41, 5.74) is 2.02. The minimum absolute atomic E-state index is 0.267. The van der Waals surface area contributed by atoms with Gasteiger partial charge in [0, 0.05) is 37.9 Å². The highest BCUT2D eigenvalue weighted by Gasteiger charge is 2.21. The zero-order valence-electron chi connectivity index (χ0n) is 15.5. The van der Waals surface area contributed by atoms with Crippen molar-refractivity contribution in [1.82, 2.24) is 30.0 Å². The van der Waals surface area contributed by atoms with Crippen LogP contribution in [0.5, 0.6) is 0 Å². The fourth-order valence-corrected chi connectivity index (χ4v) is 3.28. The molecule has 8 heteroatoms. The molecule has 3 aromatic rings. The van der Waals surface area contributed by atoms with Crippen LogP contribution < -0.4 is 4.90 Å². The van der Waals surface area contributed by atoms with Gasteiger partial charge in [0.2, 0.25) is 5.95 Å². The molecule has 0 unspecified atom stereocenters. The molecule has 1 aliphatic rings. The third-order valence-electron chi connectivity index (χ3n) is 4.75. The van der Waals surface area contributed by atoms with Crippen molar-refractivity contribution < 1.29 is 4.39 Å². The van der Waals surface area contributed by atoms with E-state index in [9.17, 15) is 4.39 Å². The Morgan fingerprint density at radius 3 is 2.56 bits per heavy atom. The first-order valence-electron chi connectivity index (χ1n) is 9.04. The van der Waals surface area contributed by atoms with Crippen molar-refractivity contribution in [2.75, 3.05) is 31.1 Å². The molecule has 7 nitrogen and oxygen atoms in total. The molecule has 3 heterocycles. The maximum absolute atomic E-state index is 14.2. The van der Waals surface area contributed by atoms with Crippen LogP contribution in [-0.2, 0) is 6.54 Å². The number of rotatable bonds is 4. The maximum Gasteiger partial charge on any atom is 0.225 e. The first-order valence-corrected chi connectivity index (χ1v) is 9.04. The van der Waals surface area contributed by atoms with E-state index >= 15 is 0 Å². The molecule has 1 N–H and O–H groups in total. The van der Waals surface area contributed by atoms with Crippen molar-refractivity contribution in [3.05, 3.63) is 53.5 Å². The second-order valence-electron chi connectivity index (χ2n) is 6.78. The number of H-pyrrole nitrogens is 1. The lowest BCUT2D eigenvalue weighted by Crippen LogP contribution is -2.46. The second kappa shape index (κ2) is 7.40. The van der Waals surface area contributed by atoms with Crippen LogP contribution in [0.4, 0.5) is 10.3 Å². The molecular weight excluding hydrogens is 345 g/mol. The van der Waals surface area contributed by atoms with Gasteiger partial charge in [0.15, 0.2) is 5.82 Å². The van der Waals surface area contributed by atoms with Gasteiger partial charge in [-0.1, -0.05) is 12.1 Å². The number of hydrogen-bond donors (Lipinski definition) is 1. The Hall–Kier alpha value is -2.87. The predicted molar refractivity (Wildman–Crippen MR) is 101 cm³/mol. The Balaban J connectivity index is 1.47. The van der Waals surface area contributed by atoms with Crippen LogP contribution in [0.2, 0.25) is 0 Å². The van der Waals surface area contributed by atoms with Gasteiger partial charge < -0.3 is 4.90 Å². The van der Waals surface area contributed by atoms with E-state index < -0.39 is 0 Å². The van der Waals surface area contributed by atoms with Gasteiger partial charge in [0.1, 0.15) is 11.6 Å². The summed E-state index contributed by atoms with van der Waals surface area (Å²) in [6, 6.07) is 6.72. The largest absolute Gasteiger partial charge is 0.338 e. The molecule has 0 saturated carbocycles. The normalized spacial score (nSPS) is 15.3. The minimum atomic E-state index is -0.267. The standard InChI is InChI=1S/C19H22FN7/c1-13-11-21-19(23-18(13)15-5-3-4-6-16(15)20)27-9-7-26(8-10-27)12-17-22-14(2)24-25-17/h3-6,11H,7-10,12H2,1-2H3,(H,22,24,25). The van der Waals surface area contributed by atoms with Crippen molar-refractivity contribution in [3.8, 4) is 11.3 Å². The quantitative estimate of drug-likeness (QED) is 0.763. The van der Waals surface area contributed by atoms with Gasteiger partial charge >= 0.3 is 0 Å². The van der Waals surface area contributed by atoms with Crippen molar-refractivity contribution in [2.24, 2.45) is 0 Å². The molecule has 0 spiro atoms. The summed E-state index contributed by atoms with van der Waals surface area (Å²) in [4.78, 5) is 18.0. The fourth-order valence-electron chi connectivity index (χ4n) is 3.28. The van der Waals surface area contributed by atoms with Gasteiger partial charge in [-0.2, -0.15) is 5.10 Å². The van der Waals surface area contributed by atoms with Crippen molar-refractivity contribution in [3.63, 3.8) is 0 Å². The van der Waals surface area contributed by atoms with Gasteiger partial charge in [-0.3, -0.25) is 10.00 Å². The number of nitrogens with zero attached hydrogens (tertiary/aromatic N) is 6. The molecule has 1 saturated heterocycles. The number of halogens is 1. The minimum Gasteiger partial charge on any atom is -0.338 e. The summed E-state index contributed by atoms with van der Waals surface area (Å²) in [6.45, 7) is 7.90. The molecule has 1 fully saturated rings. The molecule has 0 atom stereocenters. The third kappa shape index (κ3) is 3.80. The van der Waals surface area contributed by atoms with Crippen LogP contribution in [0.1, 0.15) is 17.2 Å². The maximum atomic E-state index is 14.2. The molecule has 1 aromatic carbocycles. The molecule has 1 aliphatic heterocycles. The highest BCUT2D eigenvalue weighted by atomic mass is 19.1. The number of aromatic nitrogens is 5. The van der Waals surface area contributed by atoms with Crippen molar-refractivity contribution >= 4 is 5.95 Å². The Morgan fingerprint density at radius 1 is 1.07 bits per heavy atom. The number of aryl methyl sites for hydroxylation is 2. The Bertz CT molecular complexity index is 931. The van der Waals surface area contributed by atoms with Crippen molar-refractivity contribution in [1.29, 1.82) is 0 Å². The molecule has 140 valence electrons. The van der Waals surface area contributed by atoms with Crippen LogP contribution in [-0.4, -0.2) is 56.2 Å². The number of aromatic amines is 1. The zero-order chi connectivity index (χ0) is 18.8. The molecule has 0 radical (unpaired) electrons. The van der Waals surface area contributed by atoms with E-state index in [2.05, 4.69) is 34.9 Å². The van der Waals surface area contributed by atoms with E-state index in [-0.39, 0.29) is 5.82 Å². The number of piperazine rings is 1. The fraction of sp³-hybridized carbons (Fsp3) is 0.368. The molecular formula is C19H22FN7. The molecule has 4 rings (SSSR count). The van der Waals surface area contributed by atoms with E-state index in [1.54, 1.807) is 18.3 Å². The van der Waals surface area contributed by atoms with E-state index in [0.29, 0.717) is 17.2 Å². The number of anilines is 1. The average molecular weight is 367 g/mol. The molecule has 2 aromatic heterocycles. The monoisotopic (exact) mass is 367 g/mol. The Kier molecular flexibility index (Phi) is 4.81. The summed E-state index contributed by atoms with van der Waals surface area (Å²) in [7, 11) is 0. The molecule has 0 bridgehead atoms. The van der Waals surface area contributed by atoms with Gasteiger partial charge in [-0.05, 0) is 31.5 Å². The van der Waals surface area contributed by atoms with Crippen LogP contribution in [0.15, 0.2) is 30.5 Å². The zero-order valence-corrected chi connectivity index (χ0v) is 15.5. The summed E-state index contributed by atoms with van der Waals surface area (Å²) < 4.78 is 14.2. The second-order valence-corrected chi connectivity index (χ2v) is 6.78. The van der Waals surface area contributed by atoms with Crippen molar-refractivity contribution in [2.45, 2.75) is 20.4 Å². The van der Waals surface area contributed by atoms with Crippen LogP contribution in [0, 0.1) is 19.7 Å². The number of nitrogens with one attached hydrogen (secondary N) is 1. The topological polar surface area (TPSA) is 73.8 Å². The lowest BCUT2D eigenvalue weighted by Gasteiger charge is -2.34.